The predicted octanol–water partition coefficient (Wildman–Crippen LogP) is 7.42. The van der Waals surface area contributed by atoms with Crippen LogP contribution in [0, 0.1) is 0 Å². The number of ether oxygens (including phenoxy) is 1. The first-order valence-corrected chi connectivity index (χ1v) is 11.1. The molecule has 0 bridgehead atoms. The Morgan fingerprint density at radius 2 is 1.83 bits per heavy atom. The van der Waals surface area contributed by atoms with Crippen molar-refractivity contribution in [1.29, 1.82) is 0 Å². The van der Waals surface area contributed by atoms with Crippen molar-refractivity contribution >= 4 is 78.3 Å². The van der Waals surface area contributed by atoms with Gasteiger partial charge in [0, 0.05) is 15.6 Å². The van der Waals surface area contributed by atoms with E-state index in [-0.39, 0.29) is 0 Å². The van der Waals surface area contributed by atoms with Gasteiger partial charge >= 0.3 is 0 Å². The topological polar surface area (TPSA) is 62.3 Å². The highest BCUT2D eigenvalue weighted by Crippen LogP contribution is 2.35. The van der Waals surface area contributed by atoms with E-state index in [0.29, 0.717) is 28.3 Å². The average Bonchev–Trinajstić information content (AvgIpc) is 3.11. The number of rotatable bonds is 6. The third kappa shape index (κ3) is 4.98. The van der Waals surface area contributed by atoms with Gasteiger partial charge in [0.25, 0.3) is 0 Å². The summed E-state index contributed by atoms with van der Waals surface area (Å²) in [6.07, 6.45) is 1.70. The van der Waals surface area contributed by atoms with Crippen molar-refractivity contribution < 1.29 is 4.74 Å². The smallest absolute Gasteiger partial charge is 0.222 e. The Morgan fingerprint density at radius 1 is 1.07 bits per heavy atom. The highest BCUT2D eigenvalue weighted by Gasteiger charge is 2.10. The minimum atomic E-state index is 0.314. The zero-order valence-electron chi connectivity index (χ0n) is 15.3. The molecule has 5 nitrogen and oxygen atoms in total. The number of nitrogens with zero attached hydrogens (tertiary/aromatic N) is 2. The number of para-hydroxylation sites is 2. The summed E-state index contributed by atoms with van der Waals surface area (Å²) in [6, 6.07) is 16.9. The summed E-state index contributed by atoms with van der Waals surface area (Å²) in [5.74, 6) is 1.24. The lowest BCUT2D eigenvalue weighted by Crippen LogP contribution is -1.99. The number of anilines is 1. The van der Waals surface area contributed by atoms with Gasteiger partial charge in [0.2, 0.25) is 5.95 Å². The van der Waals surface area contributed by atoms with Crippen molar-refractivity contribution in [3.63, 3.8) is 0 Å². The van der Waals surface area contributed by atoms with E-state index < -0.39 is 0 Å². The average molecular weight is 569 g/mol. The molecule has 2 N–H and O–H groups in total. The predicted molar refractivity (Wildman–Crippen MR) is 130 cm³/mol. The number of hydrogen-bond acceptors (Lipinski definition) is 4. The molecular weight excluding hydrogens is 555 g/mol. The van der Waals surface area contributed by atoms with Gasteiger partial charge in [-0.2, -0.15) is 5.10 Å². The van der Waals surface area contributed by atoms with Crippen LogP contribution in [0.5, 0.6) is 5.75 Å². The van der Waals surface area contributed by atoms with Crippen LogP contribution in [-0.2, 0) is 6.61 Å². The number of nitrogens with one attached hydrogen (secondary N) is 2. The van der Waals surface area contributed by atoms with Gasteiger partial charge in [0.15, 0.2) is 0 Å². The van der Waals surface area contributed by atoms with E-state index in [0.717, 1.165) is 31.1 Å². The molecule has 0 fully saturated rings. The third-order valence-corrected chi connectivity index (χ3v) is 5.95. The minimum Gasteiger partial charge on any atom is -0.486 e. The minimum absolute atomic E-state index is 0.314. The fourth-order valence-corrected chi connectivity index (χ4v) is 4.67. The molecule has 0 aliphatic carbocycles. The van der Waals surface area contributed by atoms with Crippen molar-refractivity contribution in [2.45, 2.75) is 6.61 Å². The van der Waals surface area contributed by atoms with Crippen molar-refractivity contribution in [1.82, 2.24) is 9.97 Å². The summed E-state index contributed by atoms with van der Waals surface area (Å²) < 4.78 is 7.51. The summed E-state index contributed by atoms with van der Waals surface area (Å²) in [5, 5.41) is 5.41. The second-order valence-corrected chi connectivity index (χ2v) is 8.86. The van der Waals surface area contributed by atoms with E-state index >= 15 is 0 Å². The number of aromatic amines is 1. The van der Waals surface area contributed by atoms with Crippen molar-refractivity contribution in [3.8, 4) is 5.75 Å². The van der Waals surface area contributed by atoms with E-state index in [1.54, 1.807) is 18.3 Å². The lowest BCUT2D eigenvalue weighted by Gasteiger charge is -2.12. The molecule has 1 aromatic heterocycles. The van der Waals surface area contributed by atoms with Crippen LogP contribution in [0.1, 0.15) is 11.1 Å². The molecule has 0 aliphatic heterocycles. The fourth-order valence-electron chi connectivity index (χ4n) is 2.75. The lowest BCUT2D eigenvalue weighted by molar-refractivity contribution is 0.302. The SMILES string of the molecule is Clc1ccc(COc2c(Br)cc(/C=N/Nc3nc4ccccc4[nH]3)cc2Br)c(Cl)c1. The first-order valence-electron chi connectivity index (χ1n) is 8.79. The molecule has 3 aromatic carbocycles. The first-order chi connectivity index (χ1) is 14.5. The Hall–Kier alpha value is -2.06. The van der Waals surface area contributed by atoms with Crippen LogP contribution >= 0.6 is 55.1 Å². The van der Waals surface area contributed by atoms with Gasteiger partial charge in [-0.3, -0.25) is 0 Å². The molecule has 4 aromatic rings. The van der Waals surface area contributed by atoms with Crippen LogP contribution in [0.3, 0.4) is 0 Å². The Balaban J connectivity index is 1.44. The Morgan fingerprint density at radius 3 is 2.57 bits per heavy atom. The van der Waals surface area contributed by atoms with E-state index in [2.05, 4.69) is 52.4 Å². The number of halogens is 4. The van der Waals surface area contributed by atoms with E-state index in [1.807, 2.05) is 42.5 Å². The molecule has 30 heavy (non-hydrogen) atoms. The van der Waals surface area contributed by atoms with Gasteiger partial charge in [0.05, 0.1) is 26.2 Å². The molecule has 4 rings (SSSR count). The highest BCUT2D eigenvalue weighted by molar-refractivity contribution is 9.11. The number of imidazole rings is 1. The second kappa shape index (κ2) is 9.39. The van der Waals surface area contributed by atoms with Gasteiger partial charge in [-0.1, -0.05) is 41.4 Å². The maximum Gasteiger partial charge on any atom is 0.222 e. The largest absolute Gasteiger partial charge is 0.486 e. The van der Waals surface area contributed by atoms with E-state index in [1.165, 1.54) is 0 Å². The molecule has 0 aliphatic rings. The number of H-pyrrole nitrogens is 1. The Kier molecular flexibility index (Phi) is 6.63. The molecular formula is C21H14Br2Cl2N4O. The highest BCUT2D eigenvalue weighted by atomic mass is 79.9. The summed E-state index contributed by atoms with van der Waals surface area (Å²) in [4.78, 5) is 7.58. The Bertz CT molecular complexity index is 1190. The van der Waals surface area contributed by atoms with Gasteiger partial charge in [-0.15, -0.1) is 0 Å². The van der Waals surface area contributed by atoms with Gasteiger partial charge in [0.1, 0.15) is 12.4 Å². The summed E-state index contributed by atoms with van der Waals surface area (Å²) in [5.41, 5.74) is 6.45. The van der Waals surface area contributed by atoms with Crippen LogP contribution < -0.4 is 10.2 Å². The molecule has 152 valence electrons. The molecule has 9 heteroatoms. The molecule has 0 atom stereocenters. The lowest BCUT2D eigenvalue weighted by atomic mass is 10.2. The first kappa shape index (κ1) is 21.2. The summed E-state index contributed by atoms with van der Waals surface area (Å²) >= 11 is 19.3. The second-order valence-electron chi connectivity index (χ2n) is 6.31. The number of aromatic nitrogens is 2. The number of fused-ring (bicyclic) bond motifs is 1. The van der Waals surface area contributed by atoms with Gasteiger partial charge < -0.3 is 9.72 Å². The normalized spacial score (nSPS) is 11.3. The van der Waals surface area contributed by atoms with Crippen LogP contribution in [0.25, 0.3) is 11.0 Å². The molecule has 0 amide bonds. The quantitative estimate of drug-likeness (QED) is 0.188. The van der Waals surface area contributed by atoms with Crippen molar-refractivity contribution in [2.75, 3.05) is 5.43 Å². The van der Waals surface area contributed by atoms with Crippen LogP contribution in [0.15, 0.2) is 68.6 Å². The van der Waals surface area contributed by atoms with Crippen LogP contribution in [0.2, 0.25) is 10.0 Å². The van der Waals surface area contributed by atoms with E-state index in [9.17, 15) is 0 Å². The summed E-state index contributed by atoms with van der Waals surface area (Å²) in [6.45, 7) is 0.314. The third-order valence-electron chi connectivity index (χ3n) is 4.18. The van der Waals surface area contributed by atoms with Crippen LogP contribution in [-0.4, -0.2) is 16.2 Å². The standard InChI is InChI=1S/C21H14Br2Cl2N4O/c22-15-7-12(10-26-29-21-27-18-3-1-2-4-19(18)28-21)8-16(23)20(15)30-11-13-5-6-14(24)9-17(13)25/h1-10H,11H2,(H2,27,28,29)/b26-10+. The zero-order valence-corrected chi connectivity index (χ0v) is 20.0. The molecule has 0 saturated carbocycles. The number of hydrogen-bond donors (Lipinski definition) is 2. The maximum absolute atomic E-state index is 6.21. The van der Waals surface area contributed by atoms with Gasteiger partial charge in [-0.25, -0.2) is 10.4 Å². The van der Waals surface area contributed by atoms with Crippen LogP contribution in [0.4, 0.5) is 5.95 Å². The molecule has 0 radical (unpaired) electrons. The molecule has 0 saturated heterocycles. The van der Waals surface area contributed by atoms with Crippen molar-refractivity contribution in [3.05, 3.63) is 84.7 Å². The zero-order chi connectivity index (χ0) is 21.1. The fraction of sp³-hybridized carbons (Fsp3) is 0.0476. The number of benzene rings is 3. The van der Waals surface area contributed by atoms with Crippen molar-refractivity contribution in [2.24, 2.45) is 5.10 Å². The molecule has 0 unspecified atom stereocenters. The monoisotopic (exact) mass is 566 g/mol. The van der Waals surface area contributed by atoms with Gasteiger partial charge in [-0.05, 0) is 73.8 Å². The van der Waals surface area contributed by atoms with E-state index in [4.69, 9.17) is 27.9 Å². The molecule has 0 spiro atoms. The summed E-state index contributed by atoms with van der Waals surface area (Å²) in [7, 11) is 0. The maximum atomic E-state index is 6.21. The number of hydrazone groups is 1. The Labute approximate surface area is 199 Å². The molecule has 1 heterocycles.